The van der Waals surface area contributed by atoms with Crippen molar-refractivity contribution in [2.45, 2.75) is 13.2 Å². The van der Waals surface area contributed by atoms with Crippen LogP contribution in [0.4, 0.5) is 0 Å². The number of aliphatic hydroxyl groups excluding tert-OH is 2. The van der Waals surface area contributed by atoms with Gasteiger partial charge in [-0.2, -0.15) is 0 Å². The molecule has 0 atom stereocenters. The molecule has 1 aromatic carbocycles. The molecule has 1 heterocycles. The van der Waals surface area contributed by atoms with Crippen LogP contribution in [0, 0.1) is 0 Å². The highest BCUT2D eigenvalue weighted by atomic mass is 16.5. The van der Waals surface area contributed by atoms with E-state index in [2.05, 4.69) is 0 Å². The predicted octanol–water partition coefficient (Wildman–Crippen LogP) is 0.786. The molecule has 2 N–H and O–H groups in total. The molecule has 0 saturated carbocycles. The summed E-state index contributed by atoms with van der Waals surface area (Å²) in [5.74, 6) is 0.653. The van der Waals surface area contributed by atoms with Crippen molar-refractivity contribution in [3.8, 4) is 5.75 Å². The van der Waals surface area contributed by atoms with Crippen molar-refractivity contribution < 1.29 is 19.4 Å². The molecule has 0 fully saturated rings. The number of fused-ring (bicyclic) bond motifs is 1. The quantitative estimate of drug-likeness (QED) is 0.823. The maximum Gasteiger partial charge on any atom is 0.343 e. The number of aliphatic hydroxyl groups is 2. The molecule has 0 unspecified atom stereocenters. The third-order valence-electron chi connectivity index (χ3n) is 2.60. The zero-order valence-electron chi connectivity index (χ0n) is 9.27. The molecule has 0 aliphatic heterocycles. The molecular formula is C12H12O5. The Labute approximate surface area is 96.9 Å². The lowest BCUT2D eigenvalue weighted by Crippen LogP contribution is -2.05. The van der Waals surface area contributed by atoms with E-state index in [1.807, 2.05) is 0 Å². The second-order valence-corrected chi connectivity index (χ2v) is 3.52. The zero-order valence-corrected chi connectivity index (χ0v) is 9.27. The van der Waals surface area contributed by atoms with Gasteiger partial charge in [-0.1, -0.05) is 0 Å². The highest BCUT2D eigenvalue weighted by Crippen LogP contribution is 2.27. The molecule has 0 amide bonds. The average Bonchev–Trinajstić information content (AvgIpc) is 2.36. The molecule has 5 nitrogen and oxygen atoms in total. The van der Waals surface area contributed by atoms with Gasteiger partial charge in [0, 0.05) is 10.9 Å². The van der Waals surface area contributed by atoms with E-state index in [4.69, 9.17) is 14.3 Å². The Balaban J connectivity index is 2.86. The maximum atomic E-state index is 11.6. The fourth-order valence-corrected chi connectivity index (χ4v) is 1.78. The molecule has 90 valence electrons. The van der Waals surface area contributed by atoms with Gasteiger partial charge in [0.2, 0.25) is 0 Å². The second kappa shape index (κ2) is 4.57. The number of benzene rings is 1. The second-order valence-electron chi connectivity index (χ2n) is 3.52. The first-order valence-corrected chi connectivity index (χ1v) is 5.05. The molecule has 0 radical (unpaired) electrons. The molecule has 0 bridgehead atoms. The van der Waals surface area contributed by atoms with E-state index < -0.39 is 5.63 Å². The van der Waals surface area contributed by atoms with E-state index in [9.17, 15) is 9.90 Å². The minimum Gasteiger partial charge on any atom is -0.496 e. The molecule has 5 heteroatoms. The number of methoxy groups -OCH3 is 1. The van der Waals surface area contributed by atoms with Crippen LogP contribution in [0.5, 0.6) is 5.75 Å². The lowest BCUT2D eigenvalue weighted by molar-refractivity contribution is 0.241. The van der Waals surface area contributed by atoms with Crippen molar-refractivity contribution in [3.63, 3.8) is 0 Å². The van der Waals surface area contributed by atoms with Gasteiger partial charge in [-0.3, -0.25) is 0 Å². The van der Waals surface area contributed by atoms with Gasteiger partial charge >= 0.3 is 5.63 Å². The topological polar surface area (TPSA) is 79.9 Å². The van der Waals surface area contributed by atoms with Crippen LogP contribution in [0.2, 0.25) is 0 Å². The van der Waals surface area contributed by atoms with Gasteiger partial charge in [0.25, 0.3) is 0 Å². The smallest absolute Gasteiger partial charge is 0.343 e. The molecule has 0 saturated heterocycles. The summed E-state index contributed by atoms with van der Waals surface area (Å²) < 4.78 is 9.99. The third kappa shape index (κ3) is 1.90. The molecule has 0 aliphatic rings. The van der Waals surface area contributed by atoms with Crippen molar-refractivity contribution >= 4 is 10.8 Å². The standard InChI is InChI=1S/C12H12O5/c1-16-11-3-2-8-9(10(11)6-14)4-7(5-13)17-12(8)15/h2-4,13-14H,5-6H2,1H3. The lowest BCUT2D eigenvalue weighted by Gasteiger charge is -2.09. The molecular weight excluding hydrogens is 224 g/mol. The van der Waals surface area contributed by atoms with Crippen LogP contribution < -0.4 is 10.4 Å². The predicted molar refractivity (Wildman–Crippen MR) is 60.9 cm³/mol. The van der Waals surface area contributed by atoms with Gasteiger partial charge in [0.1, 0.15) is 18.1 Å². The normalized spacial score (nSPS) is 10.8. The summed E-state index contributed by atoms with van der Waals surface area (Å²) in [5.41, 5.74) is -0.0310. The SMILES string of the molecule is COc1ccc2c(=O)oc(CO)cc2c1CO. The van der Waals surface area contributed by atoms with Gasteiger partial charge in [-0.15, -0.1) is 0 Å². The summed E-state index contributed by atoms with van der Waals surface area (Å²) >= 11 is 0. The Hall–Kier alpha value is -1.85. The van der Waals surface area contributed by atoms with E-state index in [1.54, 1.807) is 12.1 Å². The van der Waals surface area contributed by atoms with Crippen molar-refractivity contribution in [2.24, 2.45) is 0 Å². The molecule has 0 aliphatic carbocycles. The Bertz CT molecular complexity index is 600. The Kier molecular flexibility index (Phi) is 3.12. The molecule has 17 heavy (non-hydrogen) atoms. The monoisotopic (exact) mass is 236 g/mol. The van der Waals surface area contributed by atoms with Crippen LogP contribution in [0.1, 0.15) is 11.3 Å². The van der Waals surface area contributed by atoms with E-state index in [0.717, 1.165) is 0 Å². The fourth-order valence-electron chi connectivity index (χ4n) is 1.78. The first-order chi connectivity index (χ1) is 8.21. The summed E-state index contributed by atoms with van der Waals surface area (Å²) in [4.78, 5) is 11.6. The third-order valence-corrected chi connectivity index (χ3v) is 2.60. The molecule has 2 rings (SSSR count). The first kappa shape index (κ1) is 11.6. The van der Waals surface area contributed by atoms with Gasteiger partial charge in [-0.05, 0) is 18.2 Å². The van der Waals surface area contributed by atoms with Crippen molar-refractivity contribution in [3.05, 3.63) is 39.9 Å². The van der Waals surface area contributed by atoms with Crippen LogP contribution in [-0.2, 0) is 13.2 Å². The van der Waals surface area contributed by atoms with Gasteiger partial charge in [-0.25, -0.2) is 4.79 Å². The minimum atomic E-state index is -0.538. The first-order valence-electron chi connectivity index (χ1n) is 5.05. The van der Waals surface area contributed by atoms with Gasteiger partial charge < -0.3 is 19.4 Å². The van der Waals surface area contributed by atoms with Crippen LogP contribution in [0.25, 0.3) is 10.8 Å². The van der Waals surface area contributed by atoms with E-state index in [-0.39, 0.29) is 19.0 Å². The van der Waals surface area contributed by atoms with Gasteiger partial charge in [0.15, 0.2) is 0 Å². The van der Waals surface area contributed by atoms with Gasteiger partial charge in [0.05, 0.1) is 19.1 Å². The molecule has 1 aromatic heterocycles. The number of hydrogen-bond acceptors (Lipinski definition) is 5. The Morgan fingerprint density at radius 2 is 2.00 bits per heavy atom. The maximum absolute atomic E-state index is 11.6. The van der Waals surface area contributed by atoms with Crippen LogP contribution >= 0.6 is 0 Å². The highest BCUT2D eigenvalue weighted by Gasteiger charge is 2.12. The lowest BCUT2D eigenvalue weighted by atomic mass is 10.1. The molecule has 2 aromatic rings. The minimum absolute atomic E-state index is 0.158. The van der Waals surface area contributed by atoms with Crippen molar-refractivity contribution in [1.29, 1.82) is 0 Å². The largest absolute Gasteiger partial charge is 0.496 e. The summed E-state index contributed by atoms with van der Waals surface area (Å²) in [6.07, 6.45) is 0. The summed E-state index contributed by atoms with van der Waals surface area (Å²) in [6, 6.07) is 4.70. The highest BCUT2D eigenvalue weighted by molar-refractivity contribution is 5.86. The van der Waals surface area contributed by atoms with Crippen LogP contribution in [-0.4, -0.2) is 17.3 Å². The van der Waals surface area contributed by atoms with Crippen molar-refractivity contribution in [2.75, 3.05) is 7.11 Å². The zero-order chi connectivity index (χ0) is 12.4. The number of ether oxygens (including phenoxy) is 1. The van der Waals surface area contributed by atoms with E-state index in [1.165, 1.54) is 13.2 Å². The molecule has 0 spiro atoms. The van der Waals surface area contributed by atoms with E-state index >= 15 is 0 Å². The summed E-state index contributed by atoms with van der Waals surface area (Å²) in [6.45, 7) is -0.623. The fraction of sp³-hybridized carbons (Fsp3) is 0.250. The number of rotatable bonds is 3. The summed E-state index contributed by atoms with van der Waals surface area (Å²) in [7, 11) is 1.48. The van der Waals surface area contributed by atoms with Crippen LogP contribution in [0.3, 0.4) is 0 Å². The van der Waals surface area contributed by atoms with E-state index in [0.29, 0.717) is 22.1 Å². The average molecular weight is 236 g/mol. The van der Waals surface area contributed by atoms with Crippen molar-refractivity contribution in [1.82, 2.24) is 0 Å². The number of hydrogen-bond donors (Lipinski definition) is 2. The Morgan fingerprint density at radius 1 is 1.24 bits per heavy atom. The summed E-state index contributed by atoms with van der Waals surface area (Å²) in [5, 5.41) is 19.2. The van der Waals surface area contributed by atoms with Crippen LogP contribution in [0.15, 0.2) is 27.4 Å². The Morgan fingerprint density at radius 3 is 2.59 bits per heavy atom.